The maximum Gasteiger partial charge on any atom is 0.238 e. The van der Waals surface area contributed by atoms with Crippen LogP contribution in [0.2, 0.25) is 15.1 Å². The molecular formula is C29H25Cl3N2O5S. The molecule has 0 radical (unpaired) electrons. The third kappa shape index (κ3) is 5.24. The van der Waals surface area contributed by atoms with Crippen LogP contribution < -0.4 is 9.88 Å². The Bertz CT molecular complexity index is 1690. The van der Waals surface area contributed by atoms with Gasteiger partial charge in [-0.3, -0.25) is 0 Å². The lowest BCUT2D eigenvalue weighted by atomic mass is 9.65. The van der Waals surface area contributed by atoms with Crippen LogP contribution in [0.5, 0.6) is 5.75 Å². The Balaban J connectivity index is 1.19. The summed E-state index contributed by atoms with van der Waals surface area (Å²) in [6, 6.07) is 17.0. The lowest BCUT2D eigenvalue weighted by Crippen LogP contribution is -2.40. The van der Waals surface area contributed by atoms with Crippen LogP contribution in [0.25, 0.3) is 11.3 Å². The first kappa shape index (κ1) is 27.6. The summed E-state index contributed by atoms with van der Waals surface area (Å²) < 4.78 is 35.3. The number of aliphatic hydroxyl groups is 1. The minimum atomic E-state index is -3.80. The number of hydrogen-bond donors (Lipinski definition) is 2. The fourth-order valence-electron chi connectivity index (χ4n) is 5.32. The largest absolute Gasteiger partial charge is 0.489 e. The van der Waals surface area contributed by atoms with Crippen LogP contribution in [0, 0.1) is 0 Å². The van der Waals surface area contributed by atoms with E-state index in [2.05, 4.69) is 5.16 Å². The molecule has 6 rings (SSSR count). The second-order valence-electron chi connectivity index (χ2n) is 10.4. The summed E-state index contributed by atoms with van der Waals surface area (Å²) in [5.74, 6) is 1.56. The van der Waals surface area contributed by atoms with E-state index in [4.69, 9.17) is 49.2 Å². The maximum atomic E-state index is 11.7. The van der Waals surface area contributed by atoms with Crippen molar-refractivity contribution in [2.24, 2.45) is 5.14 Å². The van der Waals surface area contributed by atoms with Gasteiger partial charge in [0, 0.05) is 17.0 Å². The third-order valence-electron chi connectivity index (χ3n) is 7.62. The minimum Gasteiger partial charge on any atom is -0.489 e. The highest BCUT2D eigenvalue weighted by molar-refractivity contribution is 7.89. The first-order chi connectivity index (χ1) is 19.0. The molecule has 4 aromatic rings. The van der Waals surface area contributed by atoms with Gasteiger partial charge in [0.25, 0.3) is 0 Å². The third-order valence-corrected chi connectivity index (χ3v) is 9.47. The summed E-state index contributed by atoms with van der Waals surface area (Å²) in [6.45, 7) is 0.175. The molecule has 0 unspecified atom stereocenters. The number of primary sulfonamides is 1. The summed E-state index contributed by atoms with van der Waals surface area (Å²) >= 11 is 19.5. The van der Waals surface area contributed by atoms with Gasteiger partial charge in [0.15, 0.2) is 0 Å². The molecule has 1 heterocycles. The zero-order valence-electron chi connectivity index (χ0n) is 21.1. The molecule has 2 aliphatic carbocycles. The van der Waals surface area contributed by atoms with Crippen molar-refractivity contribution < 1.29 is 22.8 Å². The van der Waals surface area contributed by atoms with Crippen molar-refractivity contribution in [1.29, 1.82) is 0 Å². The Kier molecular flexibility index (Phi) is 7.14. The summed E-state index contributed by atoms with van der Waals surface area (Å²) in [4.78, 5) is 0.0533. The molecule has 0 bridgehead atoms. The fourth-order valence-corrected chi connectivity index (χ4v) is 6.81. The number of nitrogens with zero attached hydrogens (tertiary/aromatic N) is 1. The van der Waals surface area contributed by atoms with Crippen LogP contribution >= 0.6 is 34.8 Å². The summed E-state index contributed by atoms with van der Waals surface area (Å²) in [7, 11) is -3.80. The van der Waals surface area contributed by atoms with Gasteiger partial charge in [0.05, 0.1) is 31.1 Å². The first-order valence-corrected chi connectivity index (χ1v) is 15.4. The Morgan fingerprint density at radius 2 is 1.68 bits per heavy atom. The number of nitrogens with two attached hydrogens (primary N) is 1. The van der Waals surface area contributed by atoms with E-state index in [1.54, 1.807) is 48.5 Å². The standard InChI is InChI=1S/C29H25Cl3N2O5S/c30-23-5-2-6-24(31)26(23)27-21(28(39-34-27)16-7-8-16)15-38-19-9-10-22(25(32)12-19)29(35)13-18(14-29)17-3-1-4-20(11-17)40(33,36)37/h1-6,9-12,16,18,35H,7-8,13-15H2,(H2,33,36,37)/t18-,29+. The highest BCUT2D eigenvalue weighted by Gasteiger charge is 2.46. The molecule has 0 atom stereocenters. The number of halogens is 3. The van der Waals surface area contributed by atoms with Gasteiger partial charge in [0.2, 0.25) is 10.0 Å². The summed E-state index contributed by atoms with van der Waals surface area (Å²) in [5, 5.41) is 22.2. The first-order valence-electron chi connectivity index (χ1n) is 12.7. The highest BCUT2D eigenvalue weighted by Crippen LogP contribution is 2.53. The fraction of sp³-hybridized carbons (Fsp3) is 0.276. The van der Waals surface area contributed by atoms with Gasteiger partial charge >= 0.3 is 0 Å². The van der Waals surface area contributed by atoms with E-state index in [0.717, 1.165) is 29.7 Å². The Morgan fingerprint density at radius 3 is 2.33 bits per heavy atom. The lowest BCUT2D eigenvalue weighted by molar-refractivity contribution is -0.0549. The Hall–Kier alpha value is -2.59. The molecule has 2 fully saturated rings. The van der Waals surface area contributed by atoms with Crippen molar-refractivity contribution in [3.8, 4) is 17.0 Å². The van der Waals surface area contributed by atoms with Crippen LogP contribution in [-0.2, 0) is 22.2 Å². The van der Waals surface area contributed by atoms with Crippen LogP contribution in [0.1, 0.15) is 60.0 Å². The molecule has 3 aromatic carbocycles. The number of benzene rings is 3. The van der Waals surface area contributed by atoms with E-state index in [1.807, 2.05) is 6.07 Å². The number of aromatic nitrogens is 1. The van der Waals surface area contributed by atoms with E-state index in [-0.39, 0.29) is 17.4 Å². The van der Waals surface area contributed by atoms with Crippen molar-refractivity contribution in [3.63, 3.8) is 0 Å². The summed E-state index contributed by atoms with van der Waals surface area (Å²) in [5.41, 5.74) is 2.21. The van der Waals surface area contributed by atoms with Gasteiger partial charge < -0.3 is 14.4 Å². The van der Waals surface area contributed by atoms with Crippen LogP contribution in [0.4, 0.5) is 0 Å². The van der Waals surface area contributed by atoms with Gasteiger partial charge in [0.1, 0.15) is 23.8 Å². The zero-order valence-corrected chi connectivity index (χ0v) is 24.2. The molecule has 3 N–H and O–H groups in total. The molecule has 7 nitrogen and oxygen atoms in total. The molecule has 2 aliphatic rings. The molecular weight excluding hydrogens is 595 g/mol. The topological polar surface area (TPSA) is 116 Å². The molecule has 2 saturated carbocycles. The number of sulfonamides is 1. The smallest absolute Gasteiger partial charge is 0.238 e. The van der Waals surface area contributed by atoms with E-state index in [1.165, 1.54) is 6.07 Å². The predicted octanol–water partition coefficient (Wildman–Crippen LogP) is 7.17. The number of ether oxygens (including phenoxy) is 1. The van der Waals surface area contributed by atoms with Gasteiger partial charge in [-0.1, -0.05) is 64.2 Å². The van der Waals surface area contributed by atoms with E-state index in [0.29, 0.717) is 56.4 Å². The SMILES string of the molecule is NS(=O)(=O)c1cccc([C@H]2C[C@](O)(c3ccc(OCc4c(-c5c(Cl)cccc5Cl)noc4C4CC4)cc3Cl)C2)c1. The number of hydrogen-bond acceptors (Lipinski definition) is 6. The molecule has 0 spiro atoms. The van der Waals surface area contributed by atoms with Crippen molar-refractivity contribution in [2.45, 2.75) is 54.6 Å². The minimum absolute atomic E-state index is 0.0248. The predicted molar refractivity (Wildman–Crippen MR) is 153 cm³/mol. The Morgan fingerprint density at radius 1 is 0.975 bits per heavy atom. The van der Waals surface area contributed by atoms with E-state index >= 15 is 0 Å². The molecule has 1 aromatic heterocycles. The van der Waals surface area contributed by atoms with E-state index < -0.39 is 15.6 Å². The van der Waals surface area contributed by atoms with Crippen molar-refractivity contribution in [1.82, 2.24) is 5.16 Å². The molecule has 0 aliphatic heterocycles. The zero-order chi connectivity index (χ0) is 28.2. The van der Waals surface area contributed by atoms with Crippen molar-refractivity contribution in [2.75, 3.05) is 0 Å². The van der Waals surface area contributed by atoms with Gasteiger partial charge in [-0.15, -0.1) is 0 Å². The highest BCUT2D eigenvalue weighted by atomic mass is 35.5. The maximum absolute atomic E-state index is 11.7. The quantitative estimate of drug-likeness (QED) is 0.216. The van der Waals surface area contributed by atoms with Crippen LogP contribution in [0.15, 0.2) is 70.1 Å². The van der Waals surface area contributed by atoms with Crippen molar-refractivity contribution >= 4 is 44.8 Å². The normalized spacial score (nSPS) is 20.8. The molecule has 11 heteroatoms. The van der Waals surface area contributed by atoms with Crippen LogP contribution in [0.3, 0.4) is 0 Å². The number of rotatable bonds is 8. The monoisotopic (exact) mass is 618 g/mol. The van der Waals surface area contributed by atoms with Crippen molar-refractivity contribution in [3.05, 3.63) is 98.2 Å². The second kappa shape index (κ2) is 10.4. The van der Waals surface area contributed by atoms with E-state index in [9.17, 15) is 13.5 Å². The van der Waals surface area contributed by atoms with Gasteiger partial charge in [-0.2, -0.15) is 0 Å². The molecule has 208 valence electrons. The average Bonchev–Trinajstić information content (AvgIpc) is 3.65. The average molecular weight is 620 g/mol. The second-order valence-corrected chi connectivity index (χ2v) is 13.2. The Labute approximate surface area is 246 Å². The van der Waals surface area contributed by atoms with Crippen LogP contribution in [-0.4, -0.2) is 18.7 Å². The lowest BCUT2D eigenvalue weighted by Gasteiger charge is -2.44. The molecule has 0 saturated heterocycles. The summed E-state index contributed by atoms with van der Waals surface area (Å²) in [6.07, 6.45) is 2.83. The van der Waals surface area contributed by atoms with Gasteiger partial charge in [-0.05, 0) is 73.6 Å². The molecule has 40 heavy (non-hydrogen) atoms. The van der Waals surface area contributed by atoms with Gasteiger partial charge in [-0.25, -0.2) is 13.6 Å². The molecule has 0 amide bonds.